The number of rotatable bonds is 15. The summed E-state index contributed by atoms with van der Waals surface area (Å²) in [7, 11) is 1.57. The molecule has 0 aliphatic carbocycles. The molecule has 1 aliphatic rings. The van der Waals surface area contributed by atoms with E-state index in [-0.39, 0.29) is 6.61 Å². The van der Waals surface area contributed by atoms with Gasteiger partial charge in [0.1, 0.15) is 30.5 Å². The van der Waals surface area contributed by atoms with Crippen LogP contribution in [0.5, 0.6) is 0 Å². The monoisotopic (exact) mass is 584 g/mol. The summed E-state index contributed by atoms with van der Waals surface area (Å²) in [4.78, 5) is 0. The van der Waals surface area contributed by atoms with Crippen LogP contribution in [0, 0.1) is 0 Å². The second-order valence-corrected chi connectivity index (χ2v) is 10.6. The van der Waals surface area contributed by atoms with Gasteiger partial charge in [-0.05, 0) is 22.3 Å². The van der Waals surface area contributed by atoms with Crippen LogP contribution in [0.4, 0.5) is 0 Å². The Morgan fingerprint density at radius 3 is 1.40 bits per heavy atom. The summed E-state index contributed by atoms with van der Waals surface area (Å²) >= 11 is 0. The number of hydrogen-bond acceptors (Lipinski definition) is 7. The van der Waals surface area contributed by atoms with E-state index in [0.717, 1.165) is 22.3 Å². The number of ether oxygens (including phenoxy) is 6. The molecule has 0 saturated carbocycles. The van der Waals surface area contributed by atoms with E-state index in [1.165, 1.54) is 0 Å². The van der Waals surface area contributed by atoms with E-state index >= 15 is 0 Å². The Morgan fingerprint density at radius 1 is 0.558 bits per heavy atom. The largest absolute Gasteiger partial charge is 0.388 e. The highest BCUT2D eigenvalue weighted by molar-refractivity contribution is 5.16. The minimum absolute atomic E-state index is 0.0438. The molecule has 0 unspecified atom stereocenters. The third-order valence-corrected chi connectivity index (χ3v) is 7.40. The van der Waals surface area contributed by atoms with Crippen molar-refractivity contribution in [2.75, 3.05) is 13.7 Å². The van der Waals surface area contributed by atoms with Crippen molar-refractivity contribution in [3.63, 3.8) is 0 Å². The molecule has 7 nitrogen and oxygen atoms in total. The summed E-state index contributed by atoms with van der Waals surface area (Å²) in [6.07, 6.45) is -4.58. The van der Waals surface area contributed by atoms with E-state index in [4.69, 9.17) is 28.4 Å². The molecular formula is C36H40O7. The quantitative estimate of drug-likeness (QED) is 0.192. The van der Waals surface area contributed by atoms with Crippen LogP contribution in [-0.4, -0.2) is 55.6 Å². The van der Waals surface area contributed by atoms with Crippen molar-refractivity contribution in [3.8, 4) is 0 Å². The Labute approximate surface area is 253 Å². The number of aliphatic hydroxyl groups is 1. The van der Waals surface area contributed by atoms with E-state index in [2.05, 4.69) is 0 Å². The molecule has 4 aromatic carbocycles. The van der Waals surface area contributed by atoms with Crippen LogP contribution in [0.3, 0.4) is 0 Å². The Kier molecular flexibility index (Phi) is 11.9. The molecule has 5 rings (SSSR count). The minimum Gasteiger partial charge on any atom is -0.388 e. The average molecular weight is 585 g/mol. The Morgan fingerprint density at radius 2 is 0.953 bits per heavy atom. The van der Waals surface area contributed by atoms with Crippen LogP contribution in [0.1, 0.15) is 22.3 Å². The molecule has 0 aromatic heterocycles. The van der Waals surface area contributed by atoms with Gasteiger partial charge in [-0.15, -0.1) is 0 Å². The molecule has 0 bridgehead atoms. The van der Waals surface area contributed by atoms with Gasteiger partial charge in [0.25, 0.3) is 0 Å². The standard InChI is InChI=1S/C36H40O7/c1-38-36-35(42-25-30-20-12-5-13-21-30)34(41-24-29-18-10-4-11-19-29)33(40-23-28-16-8-3-9-17-28)32(43-36)31(37)26-39-22-27-14-6-2-7-15-27/h2-21,31-37H,22-26H2,1H3/t31-,32+,33-,34-,35-,36-/m1/s1. The van der Waals surface area contributed by atoms with Gasteiger partial charge in [0.2, 0.25) is 0 Å². The van der Waals surface area contributed by atoms with Gasteiger partial charge < -0.3 is 33.5 Å². The zero-order chi connectivity index (χ0) is 29.7. The maximum absolute atomic E-state index is 11.4. The predicted molar refractivity (Wildman–Crippen MR) is 163 cm³/mol. The first-order valence-electron chi connectivity index (χ1n) is 14.7. The smallest absolute Gasteiger partial charge is 0.186 e. The summed E-state index contributed by atoms with van der Waals surface area (Å²) in [6, 6.07) is 39.6. The van der Waals surface area contributed by atoms with E-state index in [1.54, 1.807) is 7.11 Å². The lowest BCUT2D eigenvalue weighted by molar-refractivity contribution is -0.331. The highest BCUT2D eigenvalue weighted by Gasteiger charge is 2.51. The number of hydrogen-bond donors (Lipinski definition) is 1. The summed E-state index contributed by atoms with van der Waals surface area (Å²) in [5.74, 6) is 0. The molecule has 0 radical (unpaired) electrons. The van der Waals surface area contributed by atoms with Crippen molar-refractivity contribution in [1.29, 1.82) is 0 Å². The minimum atomic E-state index is -1.01. The van der Waals surface area contributed by atoms with E-state index < -0.39 is 36.8 Å². The van der Waals surface area contributed by atoms with Crippen molar-refractivity contribution in [2.24, 2.45) is 0 Å². The van der Waals surface area contributed by atoms with Gasteiger partial charge in [-0.1, -0.05) is 121 Å². The van der Waals surface area contributed by atoms with Gasteiger partial charge in [-0.2, -0.15) is 0 Å². The zero-order valence-electron chi connectivity index (χ0n) is 24.4. The van der Waals surface area contributed by atoms with E-state index in [1.807, 2.05) is 121 Å². The highest BCUT2D eigenvalue weighted by atomic mass is 16.7. The molecule has 4 aromatic rings. The third kappa shape index (κ3) is 9.05. The van der Waals surface area contributed by atoms with Crippen LogP contribution >= 0.6 is 0 Å². The van der Waals surface area contributed by atoms with E-state index in [0.29, 0.717) is 26.4 Å². The number of benzene rings is 4. The van der Waals surface area contributed by atoms with Crippen LogP contribution in [0.2, 0.25) is 0 Å². The zero-order valence-corrected chi connectivity index (χ0v) is 24.4. The predicted octanol–water partition coefficient (Wildman–Crippen LogP) is 5.69. The molecule has 1 N–H and O–H groups in total. The molecule has 1 heterocycles. The van der Waals surface area contributed by atoms with E-state index in [9.17, 15) is 5.11 Å². The van der Waals surface area contributed by atoms with Crippen molar-refractivity contribution >= 4 is 0 Å². The molecule has 1 saturated heterocycles. The fourth-order valence-electron chi connectivity index (χ4n) is 5.16. The van der Waals surface area contributed by atoms with Gasteiger partial charge in [0.15, 0.2) is 6.29 Å². The molecule has 43 heavy (non-hydrogen) atoms. The lowest BCUT2D eigenvalue weighted by atomic mass is 9.94. The fourth-order valence-corrected chi connectivity index (χ4v) is 5.16. The van der Waals surface area contributed by atoms with Crippen molar-refractivity contribution in [3.05, 3.63) is 144 Å². The summed E-state index contributed by atoms with van der Waals surface area (Å²) in [5.41, 5.74) is 4.03. The molecule has 1 fully saturated rings. The molecule has 6 atom stereocenters. The first-order valence-corrected chi connectivity index (χ1v) is 14.7. The third-order valence-electron chi connectivity index (χ3n) is 7.40. The Hall–Kier alpha value is -3.40. The first kappa shape index (κ1) is 31.0. The Balaban J connectivity index is 1.39. The van der Waals surface area contributed by atoms with Crippen LogP contribution in [0.25, 0.3) is 0 Å². The van der Waals surface area contributed by atoms with Crippen LogP contribution in [0.15, 0.2) is 121 Å². The van der Waals surface area contributed by atoms with Crippen LogP contribution < -0.4 is 0 Å². The molecule has 226 valence electrons. The van der Waals surface area contributed by atoms with Gasteiger partial charge in [-0.25, -0.2) is 0 Å². The number of aliphatic hydroxyl groups excluding tert-OH is 1. The fraction of sp³-hybridized carbons (Fsp3) is 0.333. The SMILES string of the molecule is CO[C@@H]1O[C@@H]([C@H](O)COCc2ccccc2)[C@@H](OCc2ccccc2)[C@@H](OCc2ccccc2)[C@H]1OCc1ccccc1. The van der Waals surface area contributed by atoms with Gasteiger partial charge >= 0.3 is 0 Å². The van der Waals surface area contributed by atoms with Crippen molar-refractivity contribution in [2.45, 2.75) is 63.2 Å². The highest BCUT2D eigenvalue weighted by Crippen LogP contribution is 2.32. The molecular weight excluding hydrogens is 544 g/mol. The molecule has 0 spiro atoms. The Bertz CT molecular complexity index is 1310. The maximum Gasteiger partial charge on any atom is 0.186 e. The van der Waals surface area contributed by atoms with Gasteiger partial charge in [0.05, 0.1) is 33.0 Å². The van der Waals surface area contributed by atoms with Crippen LogP contribution in [-0.2, 0) is 54.8 Å². The lowest BCUT2D eigenvalue weighted by Crippen LogP contribution is -2.63. The first-order chi connectivity index (χ1) is 21.2. The summed E-state index contributed by atoms with van der Waals surface area (Å²) in [6.45, 7) is 1.37. The maximum atomic E-state index is 11.4. The molecule has 0 amide bonds. The average Bonchev–Trinajstić information content (AvgIpc) is 3.07. The molecule has 7 heteroatoms. The number of methoxy groups -OCH3 is 1. The molecule has 1 aliphatic heterocycles. The summed E-state index contributed by atoms with van der Waals surface area (Å²) < 4.78 is 37.7. The topological polar surface area (TPSA) is 75.6 Å². The summed E-state index contributed by atoms with van der Waals surface area (Å²) in [5, 5.41) is 11.4. The van der Waals surface area contributed by atoms with Gasteiger partial charge in [0, 0.05) is 7.11 Å². The van der Waals surface area contributed by atoms with Gasteiger partial charge in [-0.3, -0.25) is 0 Å². The second-order valence-electron chi connectivity index (χ2n) is 10.6. The van der Waals surface area contributed by atoms with Crippen molar-refractivity contribution in [1.82, 2.24) is 0 Å². The second kappa shape index (κ2) is 16.4. The normalized spacial score (nSPS) is 22.7. The lowest BCUT2D eigenvalue weighted by Gasteiger charge is -2.46. The van der Waals surface area contributed by atoms with Crippen molar-refractivity contribution < 1.29 is 33.5 Å².